The van der Waals surface area contributed by atoms with E-state index in [2.05, 4.69) is 0 Å². The van der Waals surface area contributed by atoms with Gasteiger partial charge in [0.15, 0.2) is 0 Å². The number of hydrogen-bond acceptors (Lipinski definition) is 3. The van der Waals surface area contributed by atoms with Gasteiger partial charge in [0.25, 0.3) is 0 Å². The Balaban J connectivity index is 1.29. The molecule has 0 spiro atoms. The molecule has 6 nitrogen and oxygen atoms in total. The maximum atomic E-state index is 12.8. The molecule has 0 atom stereocenters. The minimum absolute atomic E-state index is 0.0701. The van der Waals surface area contributed by atoms with E-state index in [1.54, 1.807) is 9.80 Å². The summed E-state index contributed by atoms with van der Waals surface area (Å²) in [6, 6.07) is 9.85. The van der Waals surface area contributed by atoms with E-state index < -0.39 is 5.91 Å². The van der Waals surface area contributed by atoms with Gasteiger partial charge in [0.2, 0.25) is 5.91 Å². The summed E-state index contributed by atoms with van der Waals surface area (Å²) in [5, 5.41) is 0. The van der Waals surface area contributed by atoms with Crippen LogP contribution in [0, 0.1) is 5.92 Å². The Hall–Kier alpha value is -2.37. The van der Waals surface area contributed by atoms with Crippen molar-refractivity contribution >= 4 is 17.7 Å². The van der Waals surface area contributed by atoms with Crippen molar-refractivity contribution in [2.45, 2.75) is 57.5 Å². The van der Waals surface area contributed by atoms with Crippen LogP contribution in [0.15, 0.2) is 30.3 Å². The van der Waals surface area contributed by atoms with Gasteiger partial charge >= 0.3 is 11.8 Å². The van der Waals surface area contributed by atoms with E-state index >= 15 is 0 Å². The largest absolute Gasteiger partial charge is 0.342 e. The summed E-state index contributed by atoms with van der Waals surface area (Å²) in [7, 11) is 0. The number of carbonyl (C=O) groups excluding carboxylic acids is 3. The van der Waals surface area contributed by atoms with E-state index in [1.165, 1.54) is 6.42 Å². The second-order valence-electron chi connectivity index (χ2n) is 8.60. The number of piperidine rings is 1. The highest BCUT2D eigenvalue weighted by Crippen LogP contribution is 2.27. The van der Waals surface area contributed by atoms with Crippen molar-refractivity contribution in [3.05, 3.63) is 35.9 Å². The first-order valence-electron chi connectivity index (χ1n) is 11.1. The average molecular weight is 398 g/mol. The van der Waals surface area contributed by atoms with Gasteiger partial charge in [0.1, 0.15) is 0 Å². The highest BCUT2D eigenvalue weighted by Gasteiger charge is 2.38. The number of amides is 3. The molecule has 1 aliphatic carbocycles. The van der Waals surface area contributed by atoms with Gasteiger partial charge in [-0.05, 0) is 31.2 Å². The number of hydrogen-bond donors (Lipinski definition) is 0. The smallest absolute Gasteiger partial charge is 0.312 e. The molecule has 2 heterocycles. The lowest BCUT2D eigenvalue weighted by Crippen LogP contribution is -2.59. The molecule has 156 valence electrons. The molecule has 0 unspecified atom stereocenters. The lowest BCUT2D eigenvalue weighted by atomic mass is 9.87. The molecule has 0 bridgehead atoms. The molecule has 3 fully saturated rings. The quantitative estimate of drug-likeness (QED) is 0.733. The predicted octanol–water partition coefficient (Wildman–Crippen LogP) is 2.43. The number of rotatable bonds is 4. The van der Waals surface area contributed by atoms with Crippen LogP contribution in [0.3, 0.4) is 0 Å². The topological polar surface area (TPSA) is 60.9 Å². The van der Waals surface area contributed by atoms with Crippen molar-refractivity contribution < 1.29 is 14.4 Å². The minimum atomic E-state index is -0.402. The highest BCUT2D eigenvalue weighted by molar-refractivity contribution is 6.35. The van der Waals surface area contributed by atoms with Gasteiger partial charge in [0.05, 0.1) is 0 Å². The van der Waals surface area contributed by atoms with Crippen molar-refractivity contribution in [3.8, 4) is 0 Å². The summed E-state index contributed by atoms with van der Waals surface area (Å²) in [6.45, 7) is 3.03. The molecule has 0 aromatic heterocycles. The van der Waals surface area contributed by atoms with Gasteiger partial charge < -0.3 is 14.7 Å². The van der Waals surface area contributed by atoms with Crippen molar-refractivity contribution in [2.24, 2.45) is 5.92 Å². The van der Waals surface area contributed by atoms with Crippen molar-refractivity contribution in [2.75, 3.05) is 26.2 Å². The first-order valence-corrected chi connectivity index (χ1v) is 11.1. The third-order valence-corrected chi connectivity index (χ3v) is 6.73. The van der Waals surface area contributed by atoms with Gasteiger partial charge in [-0.15, -0.1) is 0 Å². The fourth-order valence-corrected chi connectivity index (χ4v) is 5.00. The molecular formula is C23H31N3O3. The molecule has 2 saturated heterocycles. The summed E-state index contributed by atoms with van der Waals surface area (Å²) in [4.78, 5) is 43.5. The second kappa shape index (κ2) is 8.97. The Bertz CT molecular complexity index is 737. The first kappa shape index (κ1) is 19.9. The van der Waals surface area contributed by atoms with Gasteiger partial charge in [-0.25, -0.2) is 0 Å². The van der Waals surface area contributed by atoms with Crippen LogP contribution in [0.25, 0.3) is 0 Å². The summed E-state index contributed by atoms with van der Waals surface area (Å²) in [5.74, 6) is -0.284. The Labute approximate surface area is 172 Å². The molecule has 6 heteroatoms. The molecule has 0 radical (unpaired) electrons. The Morgan fingerprint density at radius 3 is 2.21 bits per heavy atom. The fraction of sp³-hybridized carbons (Fsp3) is 0.609. The van der Waals surface area contributed by atoms with Gasteiger partial charge in [-0.3, -0.25) is 14.4 Å². The molecule has 1 saturated carbocycles. The zero-order valence-electron chi connectivity index (χ0n) is 17.1. The van der Waals surface area contributed by atoms with Crippen LogP contribution in [-0.2, 0) is 20.9 Å². The average Bonchev–Trinajstić information content (AvgIpc) is 2.78. The monoisotopic (exact) mass is 397 g/mol. The van der Waals surface area contributed by atoms with Crippen LogP contribution >= 0.6 is 0 Å². The molecule has 1 aromatic rings. The number of benzene rings is 1. The van der Waals surface area contributed by atoms with Crippen molar-refractivity contribution in [1.29, 1.82) is 0 Å². The summed E-state index contributed by atoms with van der Waals surface area (Å²) in [6.07, 6.45) is 7.17. The van der Waals surface area contributed by atoms with E-state index in [1.807, 2.05) is 35.2 Å². The van der Waals surface area contributed by atoms with Crippen LogP contribution in [0.2, 0.25) is 0 Å². The summed E-state index contributed by atoms with van der Waals surface area (Å²) < 4.78 is 0. The Morgan fingerprint density at radius 2 is 1.52 bits per heavy atom. The second-order valence-corrected chi connectivity index (χ2v) is 8.60. The maximum absolute atomic E-state index is 12.8. The zero-order valence-corrected chi connectivity index (χ0v) is 17.1. The van der Waals surface area contributed by atoms with E-state index in [0.717, 1.165) is 44.1 Å². The molecule has 3 amide bonds. The number of nitrogens with zero attached hydrogens (tertiary/aromatic N) is 3. The Kier molecular flexibility index (Phi) is 6.16. The van der Waals surface area contributed by atoms with Gasteiger partial charge in [0, 0.05) is 44.7 Å². The molecule has 4 rings (SSSR count). The fourth-order valence-electron chi connectivity index (χ4n) is 5.00. The number of carbonyl (C=O) groups is 3. The van der Waals surface area contributed by atoms with Crippen LogP contribution in [0.4, 0.5) is 0 Å². The molecule has 0 N–H and O–H groups in total. The number of piperazine rings is 1. The number of likely N-dealkylation sites (tertiary alicyclic amines) is 1. The van der Waals surface area contributed by atoms with Crippen LogP contribution < -0.4 is 0 Å². The minimum Gasteiger partial charge on any atom is -0.342 e. The Morgan fingerprint density at radius 1 is 0.828 bits per heavy atom. The zero-order chi connectivity index (χ0) is 20.2. The van der Waals surface area contributed by atoms with E-state index in [4.69, 9.17) is 0 Å². The van der Waals surface area contributed by atoms with E-state index in [0.29, 0.717) is 38.6 Å². The standard InChI is InChI=1S/C23H31N3O3/c27-21(19-9-5-2-6-10-19)24-13-11-20(12-14-24)26-16-15-25(22(28)23(26)29)17-18-7-3-1-4-8-18/h1,3-4,7-8,19-20H,2,5-6,9-17H2. The maximum Gasteiger partial charge on any atom is 0.312 e. The van der Waals surface area contributed by atoms with Crippen LogP contribution in [0.5, 0.6) is 0 Å². The lowest BCUT2D eigenvalue weighted by Gasteiger charge is -2.42. The predicted molar refractivity (Wildman–Crippen MR) is 110 cm³/mol. The molecule has 2 aliphatic heterocycles. The van der Waals surface area contributed by atoms with Crippen LogP contribution in [-0.4, -0.2) is 64.6 Å². The third-order valence-electron chi connectivity index (χ3n) is 6.73. The third kappa shape index (κ3) is 4.46. The SMILES string of the molecule is O=C1C(=O)N(C2CCN(C(=O)C3CCCCC3)CC2)CCN1Cc1ccccc1. The van der Waals surface area contributed by atoms with Crippen LogP contribution in [0.1, 0.15) is 50.5 Å². The summed E-state index contributed by atoms with van der Waals surface area (Å²) >= 11 is 0. The molecule has 3 aliphatic rings. The lowest BCUT2D eigenvalue weighted by molar-refractivity contribution is -0.159. The van der Waals surface area contributed by atoms with Gasteiger partial charge in [-0.1, -0.05) is 49.6 Å². The van der Waals surface area contributed by atoms with E-state index in [-0.39, 0.29) is 17.9 Å². The molecule has 1 aromatic carbocycles. The highest BCUT2D eigenvalue weighted by atomic mass is 16.2. The van der Waals surface area contributed by atoms with E-state index in [9.17, 15) is 14.4 Å². The van der Waals surface area contributed by atoms with Crippen molar-refractivity contribution in [3.63, 3.8) is 0 Å². The summed E-state index contributed by atoms with van der Waals surface area (Å²) in [5.41, 5.74) is 1.04. The van der Waals surface area contributed by atoms with Gasteiger partial charge in [-0.2, -0.15) is 0 Å². The molecular weight excluding hydrogens is 366 g/mol. The first-order chi connectivity index (χ1) is 14.1. The van der Waals surface area contributed by atoms with Crippen molar-refractivity contribution in [1.82, 2.24) is 14.7 Å². The molecule has 29 heavy (non-hydrogen) atoms. The normalized spacial score (nSPS) is 22.3.